The van der Waals surface area contributed by atoms with Crippen LogP contribution in [0.5, 0.6) is 0 Å². The first-order valence-electron chi connectivity index (χ1n) is 29.2. The van der Waals surface area contributed by atoms with Crippen LogP contribution < -0.4 is 5.32 Å². The summed E-state index contributed by atoms with van der Waals surface area (Å²) in [6, 6.07) is -0.531. The lowest BCUT2D eigenvalue weighted by Crippen LogP contribution is -2.45. The van der Waals surface area contributed by atoms with E-state index in [1.54, 1.807) is 0 Å². The molecule has 1 amide bonds. The molecule has 0 aromatic carbocycles. The third kappa shape index (κ3) is 50.4. The van der Waals surface area contributed by atoms with Crippen molar-refractivity contribution < 1.29 is 15.0 Å². The highest BCUT2D eigenvalue weighted by Gasteiger charge is 2.20. The van der Waals surface area contributed by atoms with Gasteiger partial charge in [0.15, 0.2) is 0 Å². The minimum atomic E-state index is -0.655. The zero-order chi connectivity index (χ0) is 44.9. The Kier molecular flexibility index (Phi) is 54.2. The predicted octanol–water partition coefficient (Wildman–Crippen LogP) is 19.1. The highest BCUT2D eigenvalue weighted by Crippen LogP contribution is 2.19. The van der Waals surface area contributed by atoms with E-state index in [0.717, 1.165) is 25.7 Å². The monoisotopic (exact) mass is 876 g/mol. The third-order valence-electron chi connectivity index (χ3n) is 14.1. The second kappa shape index (κ2) is 54.7. The molecule has 0 saturated carbocycles. The van der Waals surface area contributed by atoms with Gasteiger partial charge in [-0.25, -0.2) is 0 Å². The van der Waals surface area contributed by atoms with Crippen molar-refractivity contribution in [2.75, 3.05) is 6.61 Å². The highest BCUT2D eigenvalue weighted by atomic mass is 16.3. The van der Waals surface area contributed by atoms with Gasteiger partial charge in [-0.2, -0.15) is 0 Å². The standard InChI is InChI=1S/C58H117NO3/c1-3-5-7-9-11-13-15-17-19-21-23-25-27-29-30-31-33-35-37-39-41-43-45-47-49-51-53-57(61)56(55-60)59-58(62)54-52-50-48-46-44-42-40-38-36-34-32-28-26-24-22-20-18-16-14-12-10-8-6-4-2/h56-57,60-61H,3-55H2,1-2H3,(H,59,62). The number of carbonyl (C=O) groups excluding carboxylic acids is 1. The number of amides is 1. The zero-order valence-corrected chi connectivity index (χ0v) is 42.9. The van der Waals surface area contributed by atoms with Crippen molar-refractivity contribution in [1.82, 2.24) is 5.32 Å². The first kappa shape index (κ1) is 61.4. The molecule has 4 heteroatoms. The van der Waals surface area contributed by atoms with Crippen LogP contribution in [0.2, 0.25) is 0 Å². The van der Waals surface area contributed by atoms with Crippen molar-refractivity contribution in [3.8, 4) is 0 Å². The normalized spacial score (nSPS) is 12.6. The molecule has 2 unspecified atom stereocenters. The number of aliphatic hydroxyl groups excluding tert-OH is 2. The maximum atomic E-state index is 12.5. The van der Waals surface area contributed by atoms with Crippen molar-refractivity contribution in [2.45, 2.75) is 360 Å². The van der Waals surface area contributed by atoms with Gasteiger partial charge in [-0.15, -0.1) is 0 Å². The molecule has 62 heavy (non-hydrogen) atoms. The molecule has 0 saturated heterocycles. The molecule has 0 radical (unpaired) electrons. The predicted molar refractivity (Wildman–Crippen MR) is 276 cm³/mol. The van der Waals surface area contributed by atoms with E-state index in [4.69, 9.17) is 0 Å². The molecular weight excluding hydrogens is 759 g/mol. The summed E-state index contributed by atoms with van der Waals surface area (Å²) in [7, 11) is 0. The van der Waals surface area contributed by atoms with E-state index in [-0.39, 0.29) is 12.5 Å². The zero-order valence-electron chi connectivity index (χ0n) is 42.9. The summed E-state index contributed by atoms with van der Waals surface area (Å²) in [5.41, 5.74) is 0. The number of carbonyl (C=O) groups is 1. The number of nitrogens with one attached hydrogen (secondary N) is 1. The Labute approximate surface area is 391 Å². The first-order valence-corrected chi connectivity index (χ1v) is 29.2. The molecule has 0 fully saturated rings. The second-order valence-corrected chi connectivity index (χ2v) is 20.4. The van der Waals surface area contributed by atoms with Crippen molar-refractivity contribution in [2.24, 2.45) is 0 Å². The smallest absolute Gasteiger partial charge is 0.220 e. The Morgan fingerprint density at radius 3 is 0.726 bits per heavy atom. The van der Waals surface area contributed by atoms with Crippen LogP contribution in [0.3, 0.4) is 0 Å². The molecule has 0 bridgehead atoms. The Hall–Kier alpha value is -0.610. The van der Waals surface area contributed by atoms with E-state index in [1.807, 2.05) is 0 Å². The Balaban J connectivity index is 3.39. The van der Waals surface area contributed by atoms with Crippen LogP contribution >= 0.6 is 0 Å². The molecular formula is C58H117NO3. The lowest BCUT2D eigenvalue weighted by atomic mass is 10.0. The van der Waals surface area contributed by atoms with Gasteiger partial charge in [0.2, 0.25) is 5.91 Å². The molecule has 0 aromatic rings. The highest BCUT2D eigenvalue weighted by molar-refractivity contribution is 5.76. The van der Waals surface area contributed by atoms with Gasteiger partial charge in [0.25, 0.3) is 0 Å². The van der Waals surface area contributed by atoms with Crippen molar-refractivity contribution >= 4 is 5.91 Å². The SMILES string of the molecule is CCCCCCCCCCCCCCCCCCCCCCCCCCCCC(O)C(CO)NC(=O)CCCCCCCCCCCCCCCCCCCCCCCCCC. The molecule has 372 valence electrons. The van der Waals surface area contributed by atoms with E-state index < -0.39 is 12.1 Å². The molecule has 2 atom stereocenters. The number of unbranched alkanes of at least 4 members (excludes halogenated alkanes) is 48. The average Bonchev–Trinajstić information content (AvgIpc) is 3.28. The summed E-state index contributed by atoms with van der Waals surface area (Å²) < 4.78 is 0. The van der Waals surface area contributed by atoms with Gasteiger partial charge in [0.05, 0.1) is 18.8 Å². The number of rotatable bonds is 55. The lowest BCUT2D eigenvalue weighted by molar-refractivity contribution is -0.123. The molecule has 0 aromatic heterocycles. The quantitative estimate of drug-likeness (QED) is 0.0533. The molecule has 3 N–H and O–H groups in total. The molecule has 0 aliphatic carbocycles. The molecule has 0 heterocycles. The maximum absolute atomic E-state index is 12.5. The molecule has 0 rings (SSSR count). The molecule has 0 aliphatic rings. The van der Waals surface area contributed by atoms with Gasteiger partial charge >= 0.3 is 0 Å². The van der Waals surface area contributed by atoms with E-state index in [0.29, 0.717) is 12.8 Å². The van der Waals surface area contributed by atoms with Gasteiger partial charge in [0, 0.05) is 6.42 Å². The van der Waals surface area contributed by atoms with Gasteiger partial charge in [-0.05, 0) is 12.8 Å². The van der Waals surface area contributed by atoms with Gasteiger partial charge in [0.1, 0.15) is 0 Å². The summed E-state index contributed by atoms with van der Waals surface area (Å²) in [4.78, 5) is 12.5. The van der Waals surface area contributed by atoms with E-state index in [1.165, 1.54) is 295 Å². The lowest BCUT2D eigenvalue weighted by Gasteiger charge is -2.22. The Morgan fingerprint density at radius 1 is 0.323 bits per heavy atom. The number of hydrogen-bond donors (Lipinski definition) is 3. The van der Waals surface area contributed by atoms with Gasteiger partial charge < -0.3 is 15.5 Å². The fourth-order valence-corrected chi connectivity index (χ4v) is 9.66. The molecule has 0 spiro atoms. The minimum Gasteiger partial charge on any atom is -0.394 e. The number of hydrogen-bond acceptors (Lipinski definition) is 3. The minimum absolute atomic E-state index is 0.0214. The van der Waals surface area contributed by atoms with Gasteiger partial charge in [-0.3, -0.25) is 4.79 Å². The average molecular weight is 877 g/mol. The van der Waals surface area contributed by atoms with E-state index in [2.05, 4.69) is 19.2 Å². The molecule has 0 aliphatic heterocycles. The summed E-state index contributed by atoms with van der Waals surface area (Å²) >= 11 is 0. The van der Waals surface area contributed by atoms with Crippen LogP contribution in [-0.2, 0) is 4.79 Å². The summed E-state index contributed by atoms with van der Waals surface area (Å²) in [5, 5.41) is 23.4. The fourth-order valence-electron chi connectivity index (χ4n) is 9.66. The summed E-state index contributed by atoms with van der Waals surface area (Å²) in [6.45, 7) is 4.41. The largest absolute Gasteiger partial charge is 0.394 e. The second-order valence-electron chi connectivity index (χ2n) is 20.4. The Bertz CT molecular complexity index is 819. The fraction of sp³-hybridized carbons (Fsp3) is 0.983. The van der Waals surface area contributed by atoms with Crippen LogP contribution in [0, 0.1) is 0 Å². The summed E-state index contributed by atoms with van der Waals surface area (Å²) in [5.74, 6) is -0.0214. The van der Waals surface area contributed by atoms with Crippen LogP contribution in [0.4, 0.5) is 0 Å². The van der Waals surface area contributed by atoms with Crippen molar-refractivity contribution in [1.29, 1.82) is 0 Å². The van der Waals surface area contributed by atoms with Crippen molar-refractivity contribution in [3.05, 3.63) is 0 Å². The topological polar surface area (TPSA) is 69.6 Å². The van der Waals surface area contributed by atoms with E-state index >= 15 is 0 Å². The van der Waals surface area contributed by atoms with Crippen LogP contribution in [-0.4, -0.2) is 34.9 Å². The first-order chi connectivity index (χ1) is 30.7. The van der Waals surface area contributed by atoms with Crippen molar-refractivity contribution in [3.63, 3.8) is 0 Å². The van der Waals surface area contributed by atoms with Gasteiger partial charge in [-0.1, -0.05) is 328 Å². The van der Waals surface area contributed by atoms with E-state index in [9.17, 15) is 15.0 Å². The van der Waals surface area contributed by atoms with Crippen LogP contribution in [0.25, 0.3) is 0 Å². The summed E-state index contributed by atoms with van der Waals surface area (Å²) in [6.07, 6.45) is 69.6. The number of aliphatic hydroxyl groups is 2. The van der Waals surface area contributed by atoms with Crippen LogP contribution in [0.1, 0.15) is 348 Å². The molecule has 4 nitrogen and oxygen atoms in total. The maximum Gasteiger partial charge on any atom is 0.220 e. The van der Waals surface area contributed by atoms with Crippen LogP contribution in [0.15, 0.2) is 0 Å². The third-order valence-corrected chi connectivity index (χ3v) is 14.1. The Morgan fingerprint density at radius 2 is 0.516 bits per heavy atom.